The lowest BCUT2D eigenvalue weighted by atomic mass is 9.94. The molecule has 1 N–H and O–H groups in total. The molecule has 0 aliphatic carbocycles. The van der Waals surface area contributed by atoms with Crippen molar-refractivity contribution in [2.75, 3.05) is 13.1 Å². The Balaban J connectivity index is 1.16. The number of nitrogens with zero attached hydrogens (tertiary/aromatic N) is 3. The first kappa shape index (κ1) is 26.1. The van der Waals surface area contributed by atoms with Crippen LogP contribution in [0.2, 0.25) is 0 Å². The average Bonchev–Trinajstić information content (AvgIpc) is 3.37. The molecule has 6 rings (SSSR count). The smallest absolute Gasteiger partial charge is 0.123 e. The minimum Gasteiger partial charge on any atom is -0.320 e. The fourth-order valence-electron chi connectivity index (χ4n) is 6.15. The van der Waals surface area contributed by atoms with E-state index in [0.717, 1.165) is 49.1 Å². The molecular formula is C35H35FN4. The highest BCUT2D eigenvalue weighted by Crippen LogP contribution is 2.34. The molecule has 4 nitrogen and oxygen atoms in total. The van der Waals surface area contributed by atoms with Gasteiger partial charge in [0.2, 0.25) is 0 Å². The Morgan fingerprint density at radius 2 is 1.68 bits per heavy atom. The van der Waals surface area contributed by atoms with Crippen LogP contribution in [0, 0.1) is 18.2 Å². The van der Waals surface area contributed by atoms with Crippen molar-refractivity contribution in [3.8, 4) is 0 Å². The molecule has 1 saturated heterocycles. The van der Waals surface area contributed by atoms with E-state index in [0.29, 0.717) is 17.2 Å². The van der Waals surface area contributed by atoms with E-state index in [4.69, 9.17) is 10.4 Å². The Morgan fingerprint density at radius 1 is 0.925 bits per heavy atom. The summed E-state index contributed by atoms with van der Waals surface area (Å²) in [5.74, 6) is 1.31. The van der Waals surface area contributed by atoms with Crippen LogP contribution in [0.4, 0.5) is 4.39 Å². The molecule has 0 bridgehead atoms. The number of piperidine rings is 1. The van der Waals surface area contributed by atoms with E-state index in [2.05, 4.69) is 83.1 Å². The average molecular weight is 531 g/mol. The second-order valence-corrected chi connectivity index (χ2v) is 11.0. The lowest BCUT2D eigenvalue weighted by Crippen LogP contribution is -2.33. The first-order valence-electron chi connectivity index (χ1n) is 14.2. The quantitative estimate of drug-likeness (QED) is 0.218. The monoisotopic (exact) mass is 530 g/mol. The molecule has 1 fully saturated rings. The highest BCUT2D eigenvalue weighted by Gasteiger charge is 2.27. The molecule has 0 radical (unpaired) electrons. The van der Waals surface area contributed by atoms with E-state index in [-0.39, 0.29) is 11.9 Å². The van der Waals surface area contributed by atoms with Gasteiger partial charge in [0.1, 0.15) is 11.6 Å². The zero-order valence-electron chi connectivity index (χ0n) is 23.1. The van der Waals surface area contributed by atoms with Crippen LogP contribution in [-0.4, -0.2) is 33.3 Å². The number of nitrogens with one attached hydrogen (secondary N) is 1. The van der Waals surface area contributed by atoms with Gasteiger partial charge >= 0.3 is 0 Å². The van der Waals surface area contributed by atoms with Crippen LogP contribution in [-0.2, 0) is 6.54 Å². The van der Waals surface area contributed by atoms with Gasteiger partial charge in [0.15, 0.2) is 0 Å². The van der Waals surface area contributed by atoms with E-state index in [9.17, 15) is 4.39 Å². The summed E-state index contributed by atoms with van der Waals surface area (Å²) in [4.78, 5) is 7.69. The van der Waals surface area contributed by atoms with Crippen LogP contribution in [0.5, 0.6) is 0 Å². The molecule has 40 heavy (non-hydrogen) atoms. The molecule has 1 aliphatic rings. The van der Waals surface area contributed by atoms with Gasteiger partial charge in [-0.25, -0.2) is 9.37 Å². The minimum absolute atomic E-state index is 0.217. The van der Waals surface area contributed by atoms with Crippen LogP contribution >= 0.6 is 0 Å². The minimum atomic E-state index is -0.315. The number of aromatic nitrogens is 2. The molecule has 1 aliphatic heterocycles. The van der Waals surface area contributed by atoms with Gasteiger partial charge in [-0.1, -0.05) is 72.8 Å². The molecule has 5 heteroatoms. The number of halogens is 1. The summed E-state index contributed by atoms with van der Waals surface area (Å²) in [6.45, 7) is 7.25. The number of imidazole rings is 1. The van der Waals surface area contributed by atoms with Crippen molar-refractivity contribution >= 4 is 16.7 Å². The second-order valence-electron chi connectivity index (χ2n) is 11.0. The molecule has 4 aromatic carbocycles. The summed E-state index contributed by atoms with van der Waals surface area (Å²) >= 11 is 0. The van der Waals surface area contributed by atoms with Gasteiger partial charge in [-0.05, 0) is 80.7 Å². The Hall–Kier alpha value is -4.09. The highest BCUT2D eigenvalue weighted by atomic mass is 19.1. The van der Waals surface area contributed by atoms with Crippen LogP contribution in [0.1, 0.15) is 65.4 Å². The topological polar surface area (TPSA) is 44.9 Å². The lowest BCUT2D eigenvalue weighted by molar-refractivity contribution is 0.200. The number of likely N-dealkylation sites (tertiary alicyclic amines) is 1. The fourth-order valence-corrected chi connectivity index (χ4v) is 6.15. The standard InChI is InChI=1S/C35H35FN4/c1-24-21-26(15-16-31(24)34(37)29-11-8-12-30(36)22-29)23-39-19-17-28(18-20-39)35-38-32-13-6-7-14-33(32)40(35)25(2)27-9-4-3-5-10-27/h3-16,21-22,25,28,37H,17-20,23H2,1-2H3. The number of benzene rings is 4. The molecule has 0 spiro atoms. The number of hydrogen-bond acceptors (Lipinski definition) is 3. The van der Waals surface area contributed by atoms with Crippen molar-refractivity contribution in [3.05, 3.63) is 137 Å². The van der Waals surface area contributed by atoms with Crippen LogP contribution in [0.3, 0.4) is 0 Å². The molecule has 5 aromatic rings. The zero-order valence-corrected chi connectivity index (χ0v) is 23.1. The third-order valence-corrected chi connectivity index (χ3v) is 8.32. The number of aryl methyl sites for hydroxylation is 1. The molecule has 2 heterocycles. The van der Waals surface area contributed by atoms with E-state index in [1.54, 1.807) is 12.1 Å². The second kappa shape index (κ2) is 11.2. The van der Waals surface area contributed by atoms with Gasteiger partial charge in [0.25, 0.3) is 0 Å². The molecule has 0 amide bonds. The predicted octanol–water partition coefficient (Wildman–Crippen LogP) is 7.89. The normalized spacial score (nSPS) is 15.4. The van der Waals surface area contributed by atoms with Crippen molar-refractivity contribution in [1.82, 2.24) is 14.5 Å². The Bertz CT molecular complexity index is 1650. The maximum Gasteiger partial charge on any atom is 0.123 e. The SMILES string of the molecule is Cc1cc(CN2CCC(c3nc4ccccc4n3C(C)c3ccccc3)CC2)ccc1C(=N)c1cccc(F)c1. The van der Waals surface area contributed by atoms with Crippen LogP contribution in [0.25, 0.3) is 11.0 Å². The van der Waals surface area contributed by atoms with E-state index in [1.807, 2.05) is 13.0 Å². The first-order chi connectivity index (χ1) is 19.5. The molecule has 0 saturated carbocycles. The van der Waals surface area contributed by atoms with Crippen molar-refractivity contribution < 1.29 is 4.39 Å². The zero-order chi connectivity index (χ0) is 27.6. The van der Waals surface area contributed by atoms with Crippen LogP contribution < -0.4 is 0 Å². The third kappa shape index (κ3) is 5.22. The van der Waals surface area contributed by atoms with E-state index < -0.39 is 0 Å². The van der Waals surface area contributed by atoms with Crippen molar-refractivity contribution in [3.63, 3.8) is 0 Å². The summed E-state index contributed by atoms with van der Waals surface area (Å²) in [6.07, 6.45) is 2.15. The maximum absolute atomic E-state index is 13.7. The Kier molecular flexibility index (Phi) is 7.31. The Labute approximate surface area is 235 Å². The van der Waals surface area contributed by atoms with E-state index in [1.165, 1.54) is 34.6 Å². The number of rotatable bonds is 7. The summed E-state index contributed by atoms with van der Waals surface area (Å²) in [5.41, 5.74) is 7.68. The molecule has 202 valence electrons. The van der Waals surface area contributed by atoms with Crippen molar-refractivity contribution in [1.29, 1.82) is 5.41 Å². The molecule has 1 aromatic heterocycles. The van der Waals surface area contributed by atoms with Gasteiger partial charge in [0, 0.05) is 23.6 Å². The van der Waals surface area contributed by atoms with Gasteiger partial charge in [0.05, 0.1) is 22.8 Å². The van der Waals surface area contributed by atoms with Crippen LogP contribution in [0.15, 0.2) is 97.1 Å². The van der Waals surface area contributed by atoms with Crippen molar-refractivity contribution in [2.24, 2.45) is 0 Å². The number of fused-ring (bicyclic) bond motifs is 1. The summed E-state index contributed by atoms with van der Waals surface area (Å²) < 4.78 is 16.1. The predicted molar refractivity (Wildman–Crippen MR) is 161 cm³/mol. The molecule has 1 atom stereocenters. The van der Waals surface area contributed by atoms with Gasteiger partial charge < -0.3 is 4.57 Å². The molecular weight excluding hydrogens is 495 g/mol. The van der Waals surface area contributed by atoms with Gasteiger partial charge in [-0.15, -0.1) is 0 Å². The summed E-state index contributed by atoms with van der Waals surface area (Å²) in [5, 5.41) is 8.59. The third-order valence-electron chi connectivity index (χ3n) is 8.32. The largest absolute Gasteiger partial charge is 0.320 e. The maximum atomic E-state index is 13.7. The van der Waals surface area contributed by atoms with E-state index >= 15 is 0 Å². The van der Waals surface area contributed by atoms with Crippen molar-refractivity contribution in [2.45, 2.75) is 45.2 Å². The molecule has 1 unspecified atom stereocenters. The Morgan fingerprint density at radius 3 is 2.42 bits per heavy atom. The van der Waals surface area contributed by atoms with Gasteiger partial charge in [-0.3, -0.25) is 10.3 Å². The number of para-hydroxylation sites is 2. The van der Waals surface area contributed by atoms with Gasteiger partial charge in [-0.2, -0.15) is 0 Å². The first-order valence-corrected chi connectivity index (χ1v) is 14.2. The summed E-state index contributed by atoms with van der Waals surface area (Å²) in [6, 6.07) is 32.0. The highest BCUT2D eigenvalue weighted by molar-refractivity contribution is 6.11. The number of hydrogen-bond donors (Lipinski definition) is 1. The fraction of sp³-hybridized carbons (Fsp3) is 0.257. The summed E-state index contributed by atoms with van der Waals surface area (Å²) in [7, 11) is 0. The lowest BCUT2D eigenvalue weighted by Gasteiger charge is -2.33.